The number of carbonyl (C=O) groups excluding carboxylic acids is 2. The molecule has 0 saturated carbocycles. The van der Waals surface area contributed by atoms with Crippen molar-refractivity contribution in [3.63, 3.8) is 0 Å². The van der Waals surface area contributed by atoms with Gasteiger partial charge >= 0.3 is 6.18 Å². The minimum absolute atomic E-state index is 0.0295. The number of carbonyl (C=O) groups is 2. The highest BCUT2D eigenvalue weighted by Gasteiger charge is 2.50. The van der Waals surface area contributed by atoms with Crippen LogP contribution in [0.3, 0.4) is 0 Å². The number of halogens is 3. The fourth-order valence-electron chi connectivity index (χ4n) is 6.74. The van der Waals surface area contributed by atoms with Gasteiger partial charge < -0.3 is 25.8 Å². The Morgan fingerprint density at radius 2 is 1.45 bits per heavy atom. The number of benzene rings is 1. The van der Waals surface area contributed by atoms with Crippen molar-refractivity contribution in [1.82, 2.24) is 54.6 Å². The number of pyridine rings is 1. The van der Waals surface area contributed by atoms with Gasteiger partial charge in [-0.1, -0.05) is 75.3 Å². The van der Waals surface area contributed by atoms with Gasteiger partial charge in [-0.15, -0.1) is 0 Å². The van der Waals surface area contributed by atoms with Gasteiger partial charge in [0.1, 0.15) is 58.1 Å². The highest BCUT2D eigenvalue weighted by atomic mass is 19.4. The summed E-state index contributed by atoms with van der Waals surface area (Å²) in [4.78, 5) is 46.5. The summed E-state index contributed by atoms with van der Waals surface area (Å²) in [5.74, 6) is 1.93. The molecule has 0 unspecified atom stereocenters. The third-order valence-electron chi connectivity index (χ3n) is 10.7. The summed E-state index contributed by atoms with van der Waals surface area (Å²) < 4.78 is 53.2. The smallest absolute Gasteiger partial charge is 0.383 e. The Morgan fingerprint density at radius 3 is 2.07 bits per heavy atom. The second kappa shape index (κ2) is 18.2. The van der Waals surface area contributed by atoms with Crippen molar-refractivity contribution in [1.29, 1.82) is 0 Å². The minimum Gasteiger partial charge on any atom is -0.383 e. The third kappa shape index (κ3) is 10.1. The quantitative estimate of drug-likeness (QED) is 0.0957. The average molecular weight is 922 g/mol. The molecule has 7 heterocycles. The zero-order valence-corrected chi connectivity index (χ0v) is 38.3. The topological polar surface area (TPSA) is 262 Å². The van der Waals surface area contributed by atoms with E-state index in [4.69, 9.17) is 25.5 Å². The number of alkyl halides is 3. The monoisotopic (exact) mass is 921 g/mol. The van der Waals surface area contributed by atoms with E-state index in [0.717, 1.165) is 42.6 Å². The summed E-state index contributed by atoms with van der Waals surface area (Å²) in [6, 6.07) is 13.9. The molecule has 1 aromatic carbocycles. The van der Waals surface area contributed by atoms with Gasteiger partial charge in [0, 0.05) is 41.3 Å². The predicted molar refractivity (Wildman–Crippen MR) is 244 cm³/mol. The molecule has 0 aliphatic carbocycles. The molecule has 8 rings (SSSR count). The Hall–Kier alpha value is -7.78. The number of rotatable bonds is 11. The first kappa shape index (κ1) is 47.2. The zero-order valence-electron chi connectivity index (χ0n) is 38.3. The van der Waals surface area contributed by atoms with E-state index >= 15 is 0 Å². The van der Waals surface area contributed by atoms with Crippen LogP contribution in [0.5, 0.6) is 0 Å². The number of hydrogen-bond acceptors (Lipinski definition) is 15. The lowest BCUT2D eigenvalue weighted by Crippen LogP contribution is -2.36. The molecule has 0 spiro atoms. The summed E-state index contributed by atoms with van der Waals surface area (Å²) in [5, 5.41) is 22.1. The molecule has 0 aliphatic heterocycles. The molecule has 19 nitrogen and oxygen atoms in total. The number of nitrogens with two attached hydrogens (primary N) is 2. The van der Waals surface area contributed by atoms with Crippen molar-refractivity contribution in [3.8, 4) is 22.6 Å². The lowest BCUT2D eigenvalue weighted by molar-refractivity contribution is -0.181. The second-order valence-corrected chi connectivity index (χ2v) is 17.9. The predicted octanol–water partition coefficient (Wildman–Crippen LogP) is 8.02. The van der Waals surface area contributed by atoms with Crippen LogP contribution in [0.25, 0.3) is 39.2 Å². The van der Waals surface area contributed by atoms with Crippen LogP contribution in [0.1, 0.15) is 103 Å². The van der Waals surface area contributed by atoms with E-state index in [1.807, 2.05) is 58.9 Å². The summed E-state index contributed by atoms with van der Waals surface area (Å²) in [7, 11) is 0. The molecule has 0 atom stereocenters. The van der Waals surface area contributed by atoms with Crippen molar-refractivity contribution < 1.29 is 31.8 Å². The van der Waals surface area contributed by atoms with Gasteiger partial charge in [0.05, 0.1) is 23.9 Å². The Morgan fingerprint density at radius 1 is 0.776 bits per heavy atom. The number of nitrogen functional groups attached to an aromatic ring is 2. The van der Waals surface area contributed by atoms with Gasteiger partial charge in [-0.2, -0.15) is 23.4 Å². The van der Waals surface area contributed by atoms with Crippen LogP contribution in [0.4, 0.5) is 36.5 Å². The molecular weight excluding hydrogens is 872 g/mol. The summed E-state index contributed by atoms with van der Waals surface area (Å²) in [6.45, 7) is 16.1. The summed E-state index contributed by atoms with van der Waals surface area (Å²) >= 11 is 0. The van der Waals surface area contributed by atoms with Gasteiger partial charge in [0.2, 0.25) is 17.7 Å². The Bertz CT molecular complexity index is 3050. The molecule has 22 heteroatoms. The first-order valence-corrected chi connectivity index (χ1v) is 21.1. The normalized spacial score (nSPS) is 12.2. The van der Waals surface area contributed by atoms with Crippen molar-refractivity contribution in [2.45, 2.75) is 104 Å². The molecule has 350 valence electrons. The van der Waals surface area contributed by atoms with E-state index in [1.165, 1.54) is 18.9 Å². The number of nitrogens with zero attached hydrogens (tertiary/aromatic N) is 11. The number of nitrogens with one attached hydrogen (secondary N) is 2. The lowest BCUT2D eigenvalue weighted by Gasteiger charge is -2.24. The van der Waals surface area contributed by atoms with Gasteiger partial charge in [-0.05, 0) is 44.9 Å². The first-order chi connectivity index (χ1) is 31.5. The Balaban J connectivity index is 0.000000200. The number of aromatic nitrogens is 11. The Kier molecular flexibility index (Phi) is 12.8. The molecule has 67 heavy (non-hydrogen) atoms. The van der Waals surface area contributed by atoms with Gasteiger partial charge in [-0.3, -0.25) is 19.9 Å². The molecule has 0 aliphatic rings. The van der Waals surface area contributed by atoms with Crippen molar-refractivity contribution in [2.24, 2.45) is 0 Å². The molecule has 0 bridgehead atoms. The van der Waals surface area contributed by atoms with E-state index in [1.54, 1.807) is 27.4 Å². The molecule has 0 radical (unpaired) electrons. The van der Waals surface area contributed by atoms with Gasteiger partial charge in [0.15, 0.2) is 17.3 Å². The largest absolute Gasteiger partial charge is 0.399 e. The second-order valence-electron chi connectivity index (χ2n) is 17.9. The average Bonchev–Trinajstić information content (AvgIpc) is 4.07. The number of anilines is 4. The van der Waals surface area contributed by atoms with E-state index in [9.17, 15) is 22.8 Å². The Labute approximate surface area is 382 Å². The summed E-state index contributed by atoms with van der Waals surface area (Å²) in [5.41, 5.74) is 14.8. The van der Waals surface area contributed by atoms with Crippen LogP contribution in [0.2, 0.25) is 0 Å². The van der Waals surface area contributed by atoms with Crippen molar-refractivity contribution in [2.75, 3.05) is 22.1 Å². The van der Waals surface area contributed by atoms with Gasteiger partial charge in [-0.25, -0.2) is 29.1 Å². The number of hydrogen-bond donors (Lipinski definition) is 4. The standard InChI is InChI=1S/C23H27N7O2.C22H23F3N8O2/c1-13(2)22-28-19(20-21(24)25-12-26-30(20)22)15-8-6-14(7-9-15)10-18(31)27-17-11-16(32-29-17)23(3,4)5;1-11(2)33-20-17(19(26)28-10-29-20)18(31-33)13-6-5-12(9-27-13)7-15(34)30-16-8-14(32-35-16)21(3,4)22(23,24)25/h6-9,11-13H,10H2,1-5H3,(H2,24,25,26)(H,27,29,31);5-6,8-11H,7H2,1-4H3,(H,30,34)(H2,26,28,29). The number of amides is 2. The van der Waals surface area contributed by atoms with E-state index in [2.05, 4.69) is 64.9 Å². The molecule has 0 fully saturated rings. The van der Waals surface area contributed by atoms with Crippen molar-refractivity contribution >= 4 is 51.7 Å². The van der Waals surface area contributed by atoms with Crippen LogP contribution in [-0.2, 0) is 33.3 Å². The van der Waals surface area contributed by atoms with E-state index in [-0.39, 0.29) is 53.5 Å². The van der Waals surface area contributed by atoms with Crippen LogP contribution in [0, 0.1) is 0 Å². The molecule has 7 aromatic heterocycles. The molecule has 6 N–H and O–H groups in total. The highest BCUT2D eigenvalue weighted by Crippen LogP contribution is 2.40. The highest BCUT2D eigenvalue weighted by molar-refractivity contribution is 5.97. The van der Waals surface area contributed by atoms with Crippen LogP contribution >= 0.6 is 0 Å². The first-order valence-electron chi connectivity index (χ1n) is 21.1. The molecule has 0 saturated heterocycles. The number of imidazole rings is 1. The van der Waals surface area contributed by atoms with E-state index < -0.39 is 17.5 Å². The number of fused-ring (bicyclic) bond motifs is 2. The summed E-state index contributed by atoms with van der Waals surface area (Å²) in [6.07, 6.45) is -0.0817. The fourth-order valence-corrected chi connectivity index (χ4v) is 6.74. The fraction of sp³-hybridized carbons (Fsp3) is 0.356. The van der Waals surface area contributed by atoms with Crippen LogP contribution in [0.15, 0.2) is 76.4 Å². The lowest BCUT2D eigenvalue weighted by atomic mass is 9.89. The third-order valence-corrected chi connectivity index (χ3v) is 10.7. The maximum absolute atomic E-state index is 13.2. The maximum Gasteiger partial charge on any atom is 0.399 e. The van der Waals surface area contributed by atoms with E-state index in [0.29, 0.717) is 50.9 Å². The van der Waals surface area contributed by atoms with Crippen LogP contribution in [-0.4, -0.2) is 72.6 Å². The molecule has 8 aromatic rings. The van der Waals surface area contributed by atoms with Crippen LogP contribution < -0.4 is 22.1 Å². The minimum atomic E-state index is -4.52. The van der Waals surface area contributed by atoms with Crippen molar-refractivity contribution in [3.05, 3.63) is 95.8 Å². The van der Waals surface area contributed by atoms with Gasteiger partial charge in [0.25, 0.3) is 0 Å². The SMILES string of the molecule is CC(C)c1nc(-c2ccc(CC(=O)Nc3cc(C(C)(C)C)on3)cc2)c2c(N)ncnn12.CC(C)n1nc(-c2ccc(CC(=O)Nc3cc(C(C)(C)C(F)(F)F)no3)cn2)c2c(N)ncnc21. The molecular formula is C45H50F3N15O4. The maximum atomic E-state index is 13.2. The molecule has 2 amide bonds. The zero-order chi connectivity index (χ0) is 48.6.